The Morgan fingerprint density at radius 2 is 0.918 bits per heavy atom. The molecule has 1 aliphatic rings. The van der Waals surface area contributed by atoms with Gasteiger partial charge in [0.25, 0.3) is 0 Å². The van der Waals surface area contributed by atoms with Gasteiger partial charge in [0.15, 0.2) is 0 Å². The topological polar surface area (TPSA) is 0 Å². The van der Waals surface area contributed by atoms with Gasteiger partial charge in [-0.3, -0.25) is 0 Å². The molecule has 1 aliphatic carbocycles. The quantitative estimate of drug-likeness (QED) is 0.136. The van der Waals surface area contributed by atoms with Crippen molar-refractivity contribution >= 4 is 43.1 Å². The van der Waals surface area contributed by atoms with E-state index in [4.69, 9.17) is 0 Å². The van der Waals surface area contributed by atoms with E-state index in [0.29, 0.717) is 0 Å². The SMILES string of the molecule is CC1(C)c2cc(-c3ccccc3-c3cccc(-c4c5ccccc5cc5c4ccc4ccccc45)c3)ccc2-c2cc3ccccc3cc21. The Hall–Kier alpha value is -5.98. The molecule has 0 unspecified atom stereocenters. The van der Waals surface area contributed by atoms with Crippen LogP contribution in [0.15, 0.2) is 170 Å². The van der Waals surface area contributed by atoms with E-state index in [1.807, 2.05) is 0 Å². The first-order valence-corrected chi connectivity index (χ1v) is 17.3. The summed E-state index contributed by atoms with van der Waals surface area (Å²) in [5, 5.41) is 10.3. The van der Waals surface area contributed by atoms with Crippen LogP contribution in [-0.4, -0.2) is 0 Å². The fraction of sp³-hybridized carbons (Fsp3) is 0.0612. The fourth-order valence-electron chi connectivity index (χ4n) is 8.55. The predicted molar refractivity (Wildman–Crippen MR) is 210 cm³/mol. The lowest BCUT2D eigenvalue weighted by Crippen LogP contribution is -2.15. The van der Waals surface area contributed by atoms with Crippen molar-refractivity contribution in [1.82, 2.24) is 0 Å². The number of hydrogen-bond donors (Lipinski definition) is 0. The Kier molecular flexibility index (Phi) is 6.02. The molecule has 230 valence electrons. The molecule has 0 heteroatoms. The smallest absolute Gasteiger partial charge is 0.0159 e. The highest BCUT2D eigenvalue weighted by molar-refractivity contribution is 6.20. The van der Waals surface area contributed by atoms with Gasteiger partial charge in [0, 0.05) is 5.41 Å². The maximum Gasteiger partial charge on any atom is 0.0159 e. The van der Waals surface area contributed by atoms with Gasteiger partial charge in [-0.2, -0.15) is 0 Å². The Morgan fingerprint density at radius 1 is 0.306 bits per heavy atom. The van der Waals surface area contributed by atoms with Gasteiger partial charge in [-0.05, 0) is 129 Å². The van der Waals surface area contributed by atoms with E-state index < -0.39 is 0 Å². The predicted octanol–water partition coefficient (Wildman–Crippen LogP) is 13.6. The monoisotopic (exact) mass is 622 g/mol. The second-order valence-corrected chi connectivity index (χ2v) is 14.1. The van der Waals surface area contributed by atoms with Crippen molar-refractivity contribution in [3.8, 4) is 44.5 Å². The molecule has 0 bridgehead atoms. The van der Waals surface area contributed by atoms with Crippen LogP contribution in [0.2, 0.25) is 0 Å². The van der Waals surface area contributed by atoms with E-state index in [-0.39, 0.29) is 5.41 Å². The van der Waals surface area contributed by atoms with Gasteiger partial charge in [0.05, 0.1) is 0 Å². The standard InChI is InChI=1S/C49H34/c1-49(2)46-30-36(23-24-42(46)45-27-32-13-3-4-14-33(32)29-47(45)49)40-20-10-9-19-39(40)34-16-11-17-37(26-34)48-41-21-8-6-15-35(41)28-44-38-18-7-5-12-31(38)22-25-43(44)48/h3-30H,1-2H3. The lowest BCUT2D eigenvalue weighted by molar-refractivity contribution is 0.661. The van der Waals surface area contributed by atoms with Crippen molar-refractivity contribution in [2.24, 2.45) is 0 Å². The average molecular weight is 623 g/mol. The minimum Gasteiger partial charge on any atom is -0.0616 e. The van der Waals surface area contributed by atoms with Crippen molar-refractivity contribution in [2.75, 3.05) is 0 Å². The summed E-state index contributed by atoms with van der Waals surface area (Å²) in [7, 11) is 0. The summed E-state index contributed by atoms with van der Waals surface area (Å²) in [4.78, 5) is 0. The van der Waals surface area contributed by atoms with Gasteiger partial charge in [0.1, 0.15) is 0 Å². The summed E-state index contributed by atoms with van der Waals surface area (Å²) in [5.74, 6) is 0. The lowest BCUT2D eigenvalue weighted by atomic mass is 9.80. The van der Waals surface area contributed by atoms with Crippen molar-refractivity contribution in [1.29, 1.82) is 0 Å². The minimum atomic E-state index is -0.0842. The van der Waals surface area contributed by atoms with E-state index >= 15 is 0 Å². The fourth-order valence-corrected chi connectivity index (χ4v) is 8.55. The molecule has 9 aromatic carbocycles. The van der Waals surface area contributed by atoms with Crippen LogP contribution in [0.3, 0.4) is 0 Å². The van der Waals surface area contributed by atoms with E-state index in [2.05, 4.69) is 184 Å². The van der Waals surface area contributed by atoms with Gasteiger partial charge in [0.2, 0.25) is 0 Å². The first-order chi connectivity index (χ1) is 24.0. The summed E-state index contributed by atoms with van der Waals surface area (Å²) in [6.07, 6.45) is 0. The molecule has 0 aromatic heterocycles. The van der Waals surface area contributed by atoms with Crippen LogP contribution >= 0.6 is 0 Å². The third-order valence-electron chi connectivity index (χ3n) is 11.0. The largest absolute Gasteiger partial charge is 0.0616 e. The molecule has 10 rings (SSSR count). The summed E-state index contributed by atoms with van der Waals surface area (Å²) in [6, 6.07) is 63.2. The second-order valence-electron chi connectivity index (χ2n) is 14.1. The Bertz CT molecular complexity index is 2800. The van der Waals surface area contributed by atoms with Crippen LogP contribution in [0.25, 0.3) is 87.6 Å². The van der Waals surface area contributed by atoms with E-state index in [0.717, 1.165) is 0 Å². The van der Waals surface area contributed by atoms with E-state index in [1.54, 1.807) is 0 Å². The molecule has 0 saturated heterocycles. The summed E-state index contributed by atoms with van der Waals surface area (Å²) < 4.78 is 0. The third kappa shape index (κ3) is 4.24. The Balaban J connectivity index is 1.14. The molecule has 0 atom stereocenters. The highest BCUT2D eigenvalue weighted by Crippen LogP contribution is 2.51. The van der Waals surface area contributed by atoms with Crippen LogP contribution < -0.4 is 0 Å². The van der Waals surface area contributed by atoms with E-state index in [9.17, 15) is 0 Å². The van der Waals surface area contributed by atoms with Gasteiger partial charge in [-0.1, -0.05) is 153 Å². The maximum absolute atomic E-state index is 2.45. The molecule has 0 aliphatic heterocycles. The van der Waals surface area contributed by atoms with Gasteiger partial charge in [-0.25, -0.2) is 0 Å². The average Bonchev–Trinajstić information content (AvgIpc) is 3.37. The van der Waals surface area contributed by atoms with Gasteiger partial charge >= 0.3 is 0 Å². The van der Waals surface area contributed by atoms with Gasteiger partial charge in [-0.15, -0.1) is 0 Å². The normalized spacial score (nSPS) is 13.3. The highest BCUT2D eigenvalue weighted by atomic mass is 14.4. The molecule has 9 aromatic rings. The maximum atomic E-state index is 2.45. The summed E-state index contributed by atoms with van der Waals surface area (Å²) in [6.45, 7) is 4.76. The van der Waals surface area contributed by atoms with Crippen molar-refractivity contribution in [3.05, 3.63) is 181 Å². The first-order valence-electron chi connectivity index (χ1n) is 17.3. The van der Waals surface area contributed by atoms with Crippen molar-refractivity contribution in [2.45, 2.75) is 19.3 Å². The minimum absolute atomic E-state index is 0.0842. The molecule has 0 saturated carbocycles. The lowest BCUT2D eigenvalue weighted by Gasteiger charge is -2.22. The van der Waals surface area contributed by atoms with Gasteiger partial charge < -0.3 is 0 Å². The molecule has 0 amide bonds. The second kappa shape index (κ2) is 10.5. The number of benzene rings is 9. The van der Waals surface area contributed by atoms with Crippen LogP contribution in [0.1, 0.15) is 25.0 Å². The molecule has 0 radical (unpaired) electrons. The molecule has 0 N–H and O–H groups in total. The summed E-state index contributed by atoms with van der Waals surface area (Å²) in [5.41, 5.74) is 13.0. The zero-order valence-corrected chi connectivity index (χ0v) is 27.7. The Morgan fingerprint density at radius 3 is 1.71 bits per heavy atom. The molecule has 0 spiro atoms. The number of fused-ring (bicyclic) bond motifs is 8. The highest BCUT2D eigenvalue weighted by Gasteiger charge is 2.36. The third-order valence-corrected chi connectivity index (χ3v) is 11.0. The van der Waals surface area contributed by atoms with Crippen molar-refractivity contribution in [3.63, 3.8) is 0 Å². The van der Waals surface area contributed by atoms with Crippen LogP contribution in [0.5, 0.6) is 0 Å². The molecule has 49 heavy (non-hydrogen) atoms. The molecule has 0 nitrogen and oxygen atoms in total. The molecule has 0 heterocycles. The summed E-state index contributed by atoms with van der Waals surface area (Å²) >= 11 is 0. The first kappa shape index (κ1) is 28.1. The van der Waals surface area contributed by atoms with Crippen LogP contribution in [-0.2, 0) is 5.41 Å². The molecular weight excluding hydrogens is 589 g/mol. The zero-order chi connectivity index (χ0) is 32.7. The van der Waals surface area contributed by atoms with Crippen LogP contribution in [0.4, 0.5) is 0 Å². The van der Waals surface area contributed by atoms with Crippen molar-refractivity contribution < 1.29 is 0 Å². The van der Waals surface area contributed by atoms with Crippen LogP contribution in [0, 0.1) is 0 Å². The van der Waals surface area contributed by atoms with E-state index in [1.165, 1.54) is 98.7 Å². The number of hydrogen-bond acceptors (Lipinski definition) is 0. The zero-order valence-electron chi connectivity index (χ0n) is 27.7. The molecule has 0 fully saturated rings. The number of rotatable bonds is 3. The molecular formula is C49H34. The Labute approximate surface area is 286 Å².